The molecule has 6 atom stereocenters. The van der Waals surface area contributed by atoms with Crippen LogP contribution < -0.4 is 10.6 Å². The Bertz CT molecular complexity index is 1200. The molecule has 2 amide bonds. The SMILES string of the molecule is CC1OC(=O)C(C2COC2)OC(=O)C(C)C(O)C(Cc2ccccc2)NC(=O)C1NC(=O)c1ccccc1O. The largest absolute Gasteiger partial charge is 0.507 e. The molecule has 0 bridgehead atoms. The molecular weight excluding hydrogens is 508 g/mol. The summed E-state index contributed by atoms with van der Waals surface area (Å²) in [5.41, 5.74) is 0.705. The van der Waals surface area contributed by atoms with E-state index in [0.29, 0.717) is 0 Å². The predicted molar refractivity (Wildman–Crippen MR) is 136 cm³/mol. The van der Waals surface area contributed by atoms with Crippen molar-refractivity contribution in [3.05, 3.63) is 65.7 Å². The van der Waals surface area contributed by atoms with Gasteiger partial charge in [-0.3, -0.25) is 14.4 Å². The number of rotatable bonds is 5. The normalized spacial score (nSPS) is 28.5. The van der Waals surface area contributed by atoms with Crippen LogP contribution in [0.4, 0.5) is 0 Å². The number of aliphatic hydroxyl groups is 1. The van der Waals surface area contributed by atoms with E-state index in [1.807, 2.05) is 18.2 Å². The van der Waals surface area contributed by atoms with Crippen LogP contribution in [0.15, 0.2) is 54.6 Å². The third kappa shape index (κ3) is 6.55. The van der Waals surface area contributed by atoms with E-state index < -0.39 is 66.0 Å². The molecule has 0 aromatic heterocycles. The number of para-hydroxylation sites is 1. The van der Waals surface area contributed by atoms with Gasteiger partial charge in [-0.15, -0.1) is 0 Å². The van der Waals surface area contributed by atoms with Gasteiger partial charge in [0.25, 0.3) is 5.91 Å². The Morgan fingerprint density at radius 2 is 1.64 bits per heavy atom. The van der Waals surface area contributed by atoms with Crippen LogP contribution in [0.1, 0.15) is 29.8 Å². The third-order valence-electron chi connectivity index (χ3n) is 6.98. The lowest BCUT2D eigenvalue weighted by Gasteiger charge is -2.36. The highest BCUT2D eigenvalue weighted by Crippen LogP contribution is 2.24. The fourth-order valence-electron chi connectivity index (χ4n) is 4.48. The lowest BCUT2D eigenvalue weighted by molar-refractivity contribution is -0.192. The summed E-state index contributed by atoms with van der Waals surface area (Å²) in [4.78, 5) is 52.7. The highest BCUT2D eigenvalue weighted by atomic mass is 16.6. The number of cyclic esters (lactones) is 2. The number of aliphatic hydroxyl groups excluding tert-OH is 1. The molecule has 39 heavy (non-hydrogen) atoms. The number of amides is 2. The highest BCUT2D eigenvalue weighted by Gasteiger charge is 2.44. The molecule has 2 aliphatic heterocycles. The van der Waals surface area contributed by atoms with Crippen molar-refractivity contribution in [1.29, 1.82) is 0 Å². The fraction of sp³-hybridized carbons (Fsp3) is 0.429. The van der Waals surface area contributed by atoms with Crippen LogP contribution in [0.2, 0.25) is 0 Å². The van der Waals surface area contributed by atoms with Crippen molar-refractivity contribution >= 4 is 23.8 Å². The van der Waals surface area contributed by atoms with Gasteiger partial charge in [0, 0.05) is 0 Å². The summed E-state index contributed by atoms with van der Waals surface area (Å²) in [7, 11) is 0. The molecule has 0 radical (unpaired) electrons. The summed E-state index contributed by atoms with van der Waals surface area (Å²) >= 11 is 0. The van der Waals surface area contributed by atoms with Crippen LogP contribution in [0, 0.1) is 11.8 Å². The molecule has 6 unspecified atom stereocenters. The van der Waals surface area contributed by atoms with Crippen LogP contribution in [0.3, 0.4) is 0 Å². The number of carbonyl (C=O) groups is 4. The summed E-state index contributed by atoms with van der Waals surface area (Å²) in [6.07, 6.45) is -3.74. The minimum absolute atomic E-state index is 0.0807. The zero-order valence-corrected chi connectivity index (χ0v) is 21.6. The van der Waals surface area contributed by atoms with Gasteiger partial charge in [0.05, 0.1) is 42.8 Å². The standard InChI is InChI=1S/C28H32N2O9/c1-15-23(32)20(12-17-8-4-3-5-9-17)29-26(34)22(30-25(33)19-10-6-7-11-21(19)31)16(2)38-28(36)24(39-27(15)35)18-13-37-14-18/h3-11,15-16,18,20,22-24,31-32H,12-14H2,1-2H3,(H,29,34)(H,30,33). The smallest absolute Gasteiger partial charge is 0.348 e. The van der Waals surface area contributed by atoms with Gasteiger partial charge in [0.15, 0.2) is 0 Å². The van der Waals surface area contributed by atoms with E-state index in [1.165, 1.54) is 26.0 Å². The Morgan fingerprint density at radius 3 is 2.28 bits per heavy atom. The average Bonchev–Trinajstić information content (AvgIpc) is 2.89. The van der Waals surface area contributed by atoms with Crippen molar-refractivity contribution in [2.45, 2.75) is 50.7 Å². The summed E-state index contributed by atoms with van der Waals surface area (Å²) < 4.78 is 16.2. The van der Waals surface area contributed by atoms with E-state index in [9.17, 15) is 29.4 Å². The molecule has 0 aliphatic carbocycles. The summed E-state index contributed by atoms with van der Waals surface area (Å²) in [6.45, 7) is 3.20. The van der Waals surface area contributed by atoms with E-state index in [1.54, 1.807) is 24.3 Å². The Hall–Kier alpha value is -3.96. The van der Waals surface area contributed by atoms with Gasteiger partial charge in [-0.1, -0.05) is 42.5 Å². The van der Waals surface area contributed by atoms with Crippen LogP contribution in [-0.4, -0.2) is 77.6 Å². The maximum atomic E-state index is 13.6. The Kier molecular flexibility index (Phi) is 8.82. The molecule has 208 valence electrons. The van der Waals surface area contributed by atoms with Crippen molar-refractivity contribution in [1.82, 2.24) is 10.6 Å². The van der Waals surface area contributed by atoms with E-state index in [4.69, 9.17) is 14.2 Å². The quantitative estimate of drug-likeness (QED) is 0.401. The monoisotopic (exact) mass is 540 g/mol. The van der Waals surface area contributed by atoms with Crippen molar-refractivity contribution in [2.75, 3.05) is 13.2 Å². The van der Waals surface area contributed by atoms with E-state index in [-0.39, 0.29) is 30.9 Å². The lowest BCUT2D eigenvalue weighted by Crippen LogP contribution is -2.60. The van der Waals surface area contributed by atoms with Gasteiger partial charge in [-0.25, -0.2) is 4.79 Å². The van der Waals surface area contributed by atoms with Gasteiger partial charge in [0.2, 0.25) is 12.0 Å². The maximum Gasteiger partial charge on any atom is 0.348 e. The number of phenols is 1. The molecule has 11 heteroatoms. The van der Waals surface area contributed by atoms with Gasteiger partial charge < -0.3 is 35.1 Å². The van der Waals surface area contributed by atoms with Crippen molar-refractivity contribution < 1.29 is 43.6 Å². The van der Waals surface area contributed by atoms with Crippen molar-refractivity contribution in [3.63, 3.8) is 0 Å². The van der Waals surface area contributed by atoms with Gasteiger partial charge in [0.1, 0.15) is 17.9 Å². The first-order valence-corrected chi connectivity index (χ1v) is 12.8. The van der Waals surface area contributed by atoms with Gasteiger partial charge >= 0.3 is 11.9 Å². The minimum Gasteiger partial charge on any atom is -0.507 e. The second-order valence-electron chi connectivity index (χ2n) is 9.85. The molecule has 4 N–H and O–H groups in total. The van der Waals surface area contributed by atoms with Crippen LogP contribution >= 0.6 is 0 Å². The number of benzene rings is 2. The molecule has 2 aromatic carbocycles. The molecular formula is C28H32N2O9. The first kappa shape index (κ1) is 28.1. The zero-order valence-electron chi connectivity index (χ0n) is 21.6. The fourth-order valence-corrected chi connectivity index (χ4v) is 4.48. The van der Waals surface area contributed by atoms with Gasteiger partial charge in [-0.05, 0) is 38.0 Å². The Balaban J connectivity index is 1.67. The summed E-state index contributed by atoms with van der Waals surface area (Å²) in [6, 6.07) is 12.5. The molecule has 2 aromatic rings. The number of aromatic hydroxyl groups is 1. The Morgan fingerprint density at radius 1 is 0.974 bits per heavy atom. The third-order valence-corrected chi connectivity index (χ3v) is 6.98. The Labute approximate surface area is 225 Å². The van der Waals surface area contributed by atoms with Crippen molar-refractivity contribution in [2.24, 2.45) is 11.8 Å². The minimum atomic E-state index is -1.41. The molecule has 0 saturated carbocycles. The second-order valence-corrected chi connectivity index (χ2v) is 9.85. The van der Waals surface area contributed by atoms with Gasteiger partial charge in [-0.2, -0.15) is 0 Å². The predicted octanol–water partition coefficient (Wildman–Crippen LogP) is 0.719. The number of nitrogens with one attached hydrogen (secondary N) is 2. The van der Waals surface area contributed by atoms with Crippen LogP contribution in [0.25, 0.3) is 0 Å². The van der Waals surface area contributed by atoms with E-state index in [0.717, 1.165) is 5.56 Å². The second kappa shape index (κ2) is 12.3. The highest BCUT2D eigenvalue weighted by molar-refractivity contribution is 6.00. The maximum absolute atomic E-state index is 13.6. The number of ether oxygens (including phenoxy) is 3. The van der Waals surface area contributed by atoms with Crippen LogP contribution in [-0.2, 0) is 35.0 Å². The number of esters is 2. The van der Waals surface area contributed by atoms with E-state index in [2.05, 4.69) is 10.6 Å². The summed E-state index contributed by atoms with van der Waals surface area (Å²) in [5, 5.41) is 26.6. The number of carbonyl (C=O) groups excluding carboxylic acids is 4. The molecule has 2 heterocycles. The zero-order chi connectivity index (χ0) is 28.1. The molecule has 2 saturated heterocycles. The first-order valence-electron chi connectivity index (χ1n) is 12.8. The molecule has 2 aliphatic rings. The molecule has 11 nitrogen and oxygen atoms in total. The lowest BCUT2D eigenvalue weighted by atomic mass is 9.92. The first-order chi connectivity index (χ1) is 18.7. The average molecular weight is 541 g/mol. The summed E-state index contributed by atoms with van der Waals surface area (Å²) in [5.74, 6) is -5.10. The number of hydrogen-bond donors (Lipinski definition) is 4. The van der Waals surface area contributed by atoms with Crippen LogP contribution in [0.5, 0.6) is 5.75 Å². The number of hydrogen-bond acceptors (Lipinski definition) is 9. The molecule has 4 rings (SSSR count). The topological polar surface area (TPSA) is 160 Å². The molecule has 2 fully saturated rings. The van der Waals surface area contributed by atoms with E-state index >= 15 is 0 Å². The molecule has 0 spiro atoms. The van der Waals surface area contributed by atoms with Crippen molar-refractivity contribution in [3.8, 4) is 5.75 Å². The number of phenolic OH excluding ortho intramolecular Hbond substituents is 1.